The first-order chi connectivity index (χ1) is 15.4. The number of carboxylic acids is 1. The molecule has 0 saturated heterocycles. The van der Waals surface area contributed by atoms with Gasteiger partial charge in [-0.25, -0.2) is 14.2 Å². The second-order valence-electron chi connectivity index (χ2n) is 8.30. The van der Waals surface area contributed by atoms with Crippen LogP contribution in [0.15, 0.2) is 53.1 Å². The SMILES string of the molecule is Cc1cccc(C(O)C2CCCC(OCc3coc(-c4ccc(F)cc4)n3)C2)c1C(=O)O. The van der Waals surface area contributed by atoms with Crippen molar-refractivity contribution in [1.82, 2.24) is 4.98 Å². The van der Waals surface area contributed by atoms with Crippen molar-refractivity contribution in [3.63, 3.8) is 0 Å². The number of hydrogen-bond acceptors (Lipinski definition) is 5. The lowest BCUT2D eigenvalue weighted by Crippen LogP contribution is -2.27. The second kappa shape index (κ2) is 9.63. The zero-order chi connectivity index (χ0) is 22.7. The highest BCUT2D eigenvalue weighted by Gasteiger charge is 2.31. The Kier molecular flexibility index (Phi) is 6.67. The van der Waals surface area contributed by atoms with Crippen molar-refractivity contribution in [3.05, 3.63) is 76.9 Å². The molecule has 1 fully saturated rings. The van der Waals surface area contributed by atoms with E-state index in [0.717, 1.165) is 19.3 Å². The van der Waals surface area contributed by atoms with E-state index in [9.17, 15) is 19.4 Å². The van der Waals surface area contributed by atoms with Crippen molar-refractivity contribution in [2.45, 2.75) is 51.4 Å². The summed E-state index contributed by atoms with van der Waals surface area (Å²) in [7, 11) is 0. The van der Waals surface area contributed by atoms with Gasteiger partial charge in [-0.15, -0.1) is 0 Å². The number of carboxylic acid groups (broad SMARTS) is 1. The molecule has 0 aliphatic heterocycles. The molecule has 0 amide bonds. The average Bonchev–Trinajstić information content (AvgIpc) is 3.26. The first kappa shape index (κ1) is 22.2. The summed E-state index contributed by atoms with van der Waals surface area (Å²) in [4.78, 5) is 16.1. The summed E-state index contributed by atoms with van der Waals surface area (Å²) in [5.74, 6) is -1.02. The zero-order valence-corrected chi connectivity index (χ0v) is 17.8. The smallest absolute Gasteiger partial charge is 0.336 e. The normalized spacial score (nSPS) is 19.6. The summed E-state index contributed by atoms with van der Waals surface area (Å²) >= 11 is 0. The Morgan fingerprint density at radius 2 is 2.03 bits per heavy atom. The van der Waals surface area contributed by atoms with Crippen LogP contribution in [0.25, 0.3) is 11.5 Å². The topological polar surface area (TPSA) is 92.8 Å². The highest BCUT2D eigenvalue weighted by Crippen LogP contribution is 2.37. The van der Waals surface area contributed by atoms with E-state index in [2.05, 4.69) is 4.98 Å². The summed E-state index contributed by atoms with van der Waals surface area (Å²) in [6.45, 7) is 2.01. The van der Waals surface area contributed by atoms with Crippen LogP contribution >= 0.6 is 0 Å². The van der Waals surface area contributed by atoms with Crippen LogP contribution in [-0.2, 0) is 11.3 Å². The third kappa shape index (κ3) is 4.89. The van der Waals surface area contributed by atoms with Crippen LogP contribution in [0, 0.1) is 18.7 Å². The van der Waals surface area contributed by atoms with Crippen molar-refractivity contribution in [3.8, 4) is 11.5 Å². The fourth-order valence-electron chi connectivity index (χ4n) is 4.40. The Morgan fingerprint density at radius 1 is 1.25 bits per heavy atom. The highest BCUT2D eigenvalue weighted by molar-refractivity contribution is 5.91. The van der Waals surface area contributed by atoms with E-state index in [1.807, 2.05) is 0 Å². The largest absolute Gasteiger partial charge is 0.478 e. The van der Waals surface area contributed by atoms with Gasteiger partial charge < -0.3 is 19.4 Å². The van der Waals surface area contributed by atoms with Gasteiger partial charge in [-0.2, -0.15) is 0 Å². The molecule has 2 N–H and O–H groups in total. The lowest BCUT2D eigenvalue weighted by atomic mass is 9.80. The zero-order valence-electron chi connectivity index (χ0n) is 17.8. The summed E-state index contributed by atoms with van der Waals surface area (Å²) in [5.41, 5.74) is 2.60. The van der Waals surface area contributed by atoms with E-state index in [4.69, 9.17) is 9.15 Å². The predicted octanol–water partition coefficient (Wildman–Crippen LogP) is 5.30. The van der Waals surface area contributed by atoms with Gasteiger partial charge in [-0.1, -0.05) is 24.6 Å². The van der Waals surface area contributed by atoms with Crippen LogP contribution in [-0.4, -0.2) is 27.3 Å². The quantitative estimate of drug-likeness (QED) is 0.519. The average molecular weight is 439 g/mol. The minimum Gasteiger partial charge on any atom is -0.478 e. The van der Waals surface area contributed by atoms with Crippen molar-refractivity contribution in [2.75, 3.05) is 0 Å². The summed E-state index contributed by atoms with van der Waals surface area (Å²) in [6.07, 6.45) is 3.81. The number of halogens is 1. The Balaban J connectivity index is 1.38. The Bertz CT molecular complexity index is 1080. The van der Waals surface area contributed by atoms with Gasteiger partial charge in [0.15, 0.2) is 0 Å². The first-order valence-corrected chi connectivity index (χ1v) is 10.7. The molecular weight excluding hydrogens is 413 g/mol. The van der Waals surface area contributed by atoms with Crippen molar-refractivity contribution in [2.24, 2.45) is 5.92 Å². The minimum atomic E-state index is -1.02. The van der Waals surface area contributed by atoms with E-state index in [-0.39, 0.29) is 30.0 Å². The predicted molar refractivity (Wildman–Crippen MR) is 116 cm³/mol. The number of benzene rings is 2. The maximum Gasteiger partial charge on any atom is 0.336 e. The molecule has 32 heavy (non-hydrogen) atoms. The van der Waals surface area contributed by atoms with Gasteiger partial charge in [0.05, 0.1) is 24.4 Å². The Labute approximate surface area is 185 Å². The molecule has 4 rings (SSSR count). The molecule has 0 radical (unpaired) electrons. The van der Waals surface area contributed by atoms with Crippen LogP contribution in [0.5, 0.6) is 0 Å². The number of aryl methyl sites for hydroxylation is 1. The van der Waals surface area contributed by atoms with Crippen LogP contribution in [0.2, 0.25) is 0 Å². The minimum absolute atomic E-state index is 0.0625. The number of rotatable bonds is 7. The molecule has 3 atom stereocenters. The number of aromatic nitrogens is 1. The molecule has 3 aromatic rings. The molecular formula is C25H26FNO5. The van der Waals surface area contributed by atoms with Crippen LogP contribution in [0.3, 0.4) is 0 Å². The van der Waals surface area contributed by atoms with Crippen LogP contribution < -0.4 is 0 Å². The molecule has 3 unspecified atom stereocenters. The van der Waals surface area contributed by atoms with Gasteiger partial charge in [-0.05, 0) is 67.5 Å². The fourth-order valence-corrected chi connectivity index (χ4v) is 4.40. The van der Waals surface area contributed by atoms with E-state index in [1.165, 1.54) is 18.4 Å². The van der Waals surface area contributed by atoms with Crippen LogP contribution in [0.4, 0.5) is 4.39 Å². The van der Waals surface area contributed by atoms with Crippen molar-refractivity contribution < 1.29 is 28.6 Å². The summed E-state index contributed by atoms with van der Waals surface area (Å²) < 4.78 is 24.6. The monoisotopic (exact) mass is 439 g/mol. The Hall–Kier alpha value is -3.03. The van der Waals surface area contributed by atoms with E-state index in [0.29, 0.717) is 34.7 Å². The number of carbonyl (C=O) groups is 1. The van der Waals surface area contributed by atoms with Gasteiger partial charge in [0.25, 0.3) is 0 Å². The lowest BCUT2D eigenvalue weighted by Gasteiger charge is -2.32. The number of aromatic carboxylic acids is 1. The molecule has 2 aromatic carbocycles. The van der Waals surface area contributed by atoms with Gasteiger partial charge in [0, 0.05) is 5.56 Å². The molecule has 0 bridgehead atoms. The fraction of sp³-hybridized carbons (Fsp3) is 0.360. The number of aliphatic hydroxyl groups is 1. The van der Waals surface area contributed by atoms with Crippen molar-refractivity contribution in [1.29, 1.82) is 0 Å². The van der Waals surface area contributed by atoms with E-state index >= 15 is 0 Å². The molecule has 1 aromatic heterocycles. The summed E-state index contributed by atoms with van der Waals surface area (Å²) in [5, 5.41) is 20.6. The number of oxazole rings is 1. The number of nitrogens with zero attached hydrogens (tertiary/aromatic N) is 1. The lowest BCUT2D eigenvalue weighted by molar-refractivity contribution is -0.0260. The van der Waals surface area contributed by atoms with E-state index < -0.39 is 12.1 Å². The van der Waals surface area contributed by atoms with Gasteiger partial charge in [0.1, 0.15) is 17.8 Å². The molecule has 1 saturated carbocycles. The number of hydrogen-bond donors (Lipinski definition) is 2. The third-order valence-corrected chi connectivity index (χ3v) is 6.06. The number of ether oxygens (including phenoxy) is 1. The second-order valence-corrected chi connectivity index (χ2v) is 8.30. The molecule has 6 nitrogen and oxygen atoms in total. The first-order valence-electron chi connectivity index (χ1n) is 10.7. The molecule has 1 aliphatic carbocycles. The van der Waals surface area contributed by atoms with Gasteiger partial charge in [-0.3, -0.25) is 0 Å². The van der Waals surface area contributed by atoms with E-state index in [1.54, 1.807) is 37.3 Å². The van der Waals surface area contributed by atoms with Gasteiger partial charge >= 0.3 is 5.97 Å². The molecule has 1 heterocycles. The number of aliphatic hydroxyl groups excluding tert-OH is 1. The highest BCUT2D eigenvalue weighted by atomic mass is 19.1. The molecule has 0 spiro atoms. The van der Waals surface area contributed by atoms with Crippen molar-refractivity contribution >= 4 is 5.97 Å². The van der Waals surface area contributed by atoms with Gasteiger partial charge in [0.2, 0.25) is 5.89 Å². The maximum atomic E-state index is 13.1. The molecule has 7 heteroatoms. The third-order valence-electron chi connectivity index (χ3n) is 6.06. The molecule has 1 aliphatic rings. The Morgan fingerprint density at radius 3 is 2.78 bits per heavy atom. The molecule has 168 valence electrons. The standard InChI is InChI=1S/C25H26FNO5/c1-15-4-2-7-21(22(15)25(29)30)23(28)17-5-3-6-20(12-17)31-13-19-14-32-24(27-19)16-8-10-18(26)11-9-16/h2,4,7-11,14,17,20,23,28H,3,5-6,12-13H2,1H3,(H,29,30). The van der Waals surface area contributed by atoms with Crippen LogP contribution in [0.1, 0.15) is 59.0 Å². The summed E-state index contributed by atoms with van der Waals surface area (Å²) in [6, 6.07) is 11.1. The maximum absolute atomic E-state index is 13.1.